The summed E-state index contributed by atoms with van der Waals surface area (Å²) in [7, 11) is -3.13. The molecule has 1 saturated heterocycles. The maximum absolute atomic E-state index is 11.5. The predicted molar refractivity (Wildman–Crippen MR) is 156 cm³/mol. The lowest BCUT2D eigenvalue weighted by Gasteiger charge is -2.41. The second-order valence-electron chi connectivity index (χ2n) is 10.4. The Balaban J connectivity index is 1.36. The quantitative estimate of drug-likeness (QED) is 0.279. The van der Waals surface area contributed by atoms with E-state index in [9.17, 15) is 9.11 Å². The minimum Gasteiger partial charge on any atom is -0.377 e. The third kappa shape index (κ3) is 4.99. The molecule has 3 aliphatic rings. The molecule has 3 fully saturated rings. The highest BCUT2D eigenvalue weighted by molar-refractivity contribution is 8.25. The molecule has 2 aromatic carbocycles. The summed E-state index contributed by atoms with van der Waals surface area (Å²) in [5.74, 6) is 1.35. The van der Waals surface area contributed by atoms with Crippen molar-refractivity contribution in [2.75, 3.05) is 30.0 Å². The summed E-state index contributed by atoms with van der Waals surface area (Å²) >= 11 is 5.41. The van der Waals surface area contributed by atoms with Crippen LogP contribution in [-0.4, -0.2) is 56.0 Å². The highest BCUT2D eigenvalue weighted by Gasteiger charge is 2.57. The SMILES string of the molecule is C[C@H]1COCCN1c1cc(C2(S(O)(O)c3ccccc3)CC2)nc(-c2ccc(NC(=S)NC3CC3)cc2)n1. The number of hydrogen-bond acceptors (Lipinski definition) is 7. The molecule has 2 saturated carbocycles. The standard InChI is InChI=1S/C28H33N5O3S2/c1-19-18-36-16-15-33(19)25-17-24(28(13-14-28)38(34,35)23-5-3-2-4-6-23)31-26(32-25)20-7-9-21(10-8-20)29-27(37)30-22-11-12-22/h2-10,17,19,22,34-35H,11-16,18H2,1H3,(H2,29,30,37)/t19-/m0/s1. The average Bonchev–Trinajstić information content (AvgIpc) is 3.85. The van der Waals surface area contributed by atoms with E-state index < -0.39 is 15.3 Å². The van der Waals surface area contributed by atoms with Crippen LogP contribution in [0.25, 0.3) is 11.4 Å². The summed E-state index contributed by atoms with van der Waals surface area (Å²) in [5, 5.41) is 7.16. The summed E-state index contributed by atoms with van der Waals surface area (Å²) in [6.45, 7) is 4.07. The summed E-state index contributed by atoms with van der Waals surface area (Å²) in [6, 6.07) is 19.6. The van der Waals surface area contributed by atoms with E-state index in [1.54, 1.807) is 12.1 Å². The van der Waals surface area contributed by atoms with Gasteiger partial charge in [0.05, 0.1) is 29.8 Å². The summed E-state index contributed by atoms with van der Waals surface area (Å²) < 4.78 is 27.9. The van der Waals surface area contributed by atoms with Crippen LogP contribution < -0.4 is 15.5 Å². The van der Waals surface area contributed by atoms with Crippen LogP contribution in [0.15, 0.2) is 65.6 Å². The Labute approximate surface area is 230 Å². The predicted octanol–water partition coefficient (Wildman–Crippen LogP) is 5.62. The summed E-state index contributed by atoms with van der Waals surface area (Å²) in [6.07, 6.45) is 3.64. The van der Waals surface area contributed by atoms with E-state index in [0.29, 0.717) is 60.2 Å². The first-order valence-electron chi connectivity index (χ1n) is 13.1. The van der Waals surface area contributed by atoms with E-state index in [4.69, 9.17) is 26.9 Å². The number of benzene rings is 2. The lowest BCUT2D eigenvalue weighted by molar-refractivity contribution is 0.0985. The molecule has 0 radical (unpaired) electrons. The van der Waals surface area contributed by atoms with Crippen LogP contribution in [0.4, 0.5) is 11.5 Å². The molecule has 1 aromatic heterocycles. The van der Waals surface area contributed by atoms with Gasteiger partial charge in [-0.3, -0.25) is 9.11 Å². The molecule has 0 spiro atoms. The Morgan fingerprint density at radius 2 is 1.82 bits per heavy atom. The number of aromatic nitrogens is 2. The van der Waals surface area contributed by atoms with E-state index in [-0.39, 0.29) is 6.04 Å². The fourth-order valence-electron chi connectivity index (χ4n) is 4.93. The Kier molecular flexibility index (Phi) is 6.77. The fraction of sp³-hybridized carbons (Fsp3) is 0.393. The summed E-state index contributed by atoms with van der Waals surface area (Å²) in [5.41, 5.74) is 2.42. The van der Waals surface area contributed by atoms with Gasteiger partial charge in [0.2, 0.25) is 0 Å². The van der Waals surface area contributed by atoms with Crippen LogP contribution in [0, 0.1) is 0 Å². The molecule has 3 aromatic rings. The number of nitrogens with one attached hydrogen (secondary N) is 2. The third-order valence-corrected chi connectivity index (χ3v) is 10.3. The molecular weight excluding hydrogens is 518 g/mol. The van der Waals surface area contributed by atoms with Crippen LogP contribution in [0.5, 0.6) is 0 Å². The van der Waals surface area contributed by atoms with Crippen LogP contribution in [-0.2, 0) is 9.48 Å². The molecule has 6 rings (SSSR count). The zero-order valence-corrected chi connectivity index (χ0v) is 23.0. The number of nitrogens with zero attached hydrogens (tertiary/aromatic N) is 3. The first kappa shape index (κ1) is 25.5. The van der Waals surface area contributed by atoms with E-state index >= 15 is 0 Å². The molecule has 38 heavy (non-hydrogen) atoms. The van der Waals surface area contributed by atoms with Crippen molar-refractivity contribution >= 4 is 39.4 Å². The highest BCUT2D eigenvalue weighted by Crippen LogP contribution is 2.75. The maximum Gasteiger partial charge on any atom is 0.170 e. The second kappa shape index (κ2) is 10.1. The lowest BCUT2D eigenvalue weighted by Crippen LogP contribution is -2.44. The normalized spacial score (nSPS) is 21.0. The zero-order valence-electron chi connectivity index (χ0n) is 21.3. The number of morpholine rings is 1. The van der Waals surface area contributed by atoms with E-state index in [1.807, 2.05) is 48.5 Å². The van der Waals surface area contributed by atoms with Crippen LogP contribution in [0.2, 0.25) is 0 Å². The number of thiocarbonyl (C=S) groups is 1. The van der Waals surface area contributed by atoms with Crippen molar-refractivity contribution in [2.24, 2.45) is 0 Å². The first-order chi connectivity index (χ1) is 18.4. The van der Waals surface area contributed by atoms with Crippen LogP contribution in [0.1, 0.15) is 38.3 Å². The maximum atomic E-state index is 11.5. The summed E-state index contributed by atoms with van der Waals surface area (Å²) in [4.78, 5) is 12.7. The van der Waals surface area contributed by atoms with Crippen molar-refractivity contribution < 1.29 is 13.8 Å². The van der Waals surface area contributed by atoms with E-state index in [2.05, 4.69) is 22.5 Å². The van der Waals surface area contributed by atoms with Crippen molar-refractivity contribution in [3.8, 4) is 11.4 Å². The van der Waals surface area contributed by atoms with Crippen molar-refractivity contribution in [1.82, 2.24) is 15.3 Å². The fourth-order valence-corrected chi connectivity index (χ4v) is 7.27. The number of anilines is 2. The van der Waals surface area contributed by atoms with Gasteiger partial charge in [0.1, 0.15) is 10.6 Å². The van der Waals surface area contributed by atoms with Gasteiger partial charge >= 0.3 is 0 Å². The number of hydrogen-bond donors (Lipinski definition) is 4. The van der Waals surface area contributed by atoms with Gasteiger partial charge in [-0.05, 0) is 81.2 Å². The number of ether oxygens (including phenoxy) is 1. The average molecular weight is 552 g/mol. The Morgan fingerprint density at radius 1 is 1.08 bits per heavy atom. The minimum atomic E-state index is -3.13. The van der Waals surface area contributed by atoms with Gasteiger partial charge in [-0.15, -0.1) is 0 Å². The second-order valence-corrected chi connectivity index (χ2v) is 13.1. The highest BCUT2D eigenvalue weighted by atomic mass is 32.3. The van der Waals surface area contributed by atoms with Crippen molar-refractivity contribution in [2.45, 2.75) is 54.3 Å². The first-order valence-corrected chi connectivity index (χ1v) is 15.1. The molecule has 2 aliphatic carbocycles. The Bertz CT molecular complexity index is 1310. The van der Waals surface area contributed by atoms with Crippen molar-refractivity contribution in [3.05, 3.63) is 66.4 Å². The van der Waals surface area contributed by atoms with E-state index in [1.165, 1.54) is 0 Å². The van der Waals surface area contributed by atoms with Gasteiger partial charge in [-0.2, -0.15) is 10.6 Å². The molecule has 8 nitrogen and oxygen atoms in total. The molecule has 0 unspecified atom stereocenters. The molecule has 0 bridgehead atoms. The smallest absolute Gasteiger partial charge is 0.170 e. The molecule has 1 aliphatic heterocycles. The van der Waals surface area contributed by atoms with Gasteiger partial charge in [0.15, 0.2) is 10.9 Å². The molecule has 1 atom stereocenters. The van der Waals surface area contributed by atoms with Crippen molar-refractivity contribution in [1.29, 1.82) is 0 Å². The Morgan fingerprint density at radius 3 is 2.47 bits per heavy atom. The monoisotopic (exact) mass is 551 g/mol. The molecule has 4 N–H and O–H groups in total. The van der Waals surface area contributed by atoms with Gasteiger partial charge in [-0.1, -0.05) is 18.2 Å². The molecule has 200 valence electrons. The van der Waals surface area contributed by atoms with Crippen LogP contribution in [0.3, 0.4) is 0 Å². The topological polar surface area (TPSA) is 103 Å². The molecule has 10 heteroatoms. The van der Waals surface area contributed by atoms with Gasteiger partial charge in [-0.25, -0.2) is 9.97 Å². The minimum absolute atomic E-state index is 0.149. The van der Waals surface area contributed by atoms with Gasteiger partial charge in [0.25, 0.3) is 0 Å². The largest absolute Gasteiger partial charge is 0.377 e. The van der Waals surface area contributed by atoms with Gasteiger partial charge in [0, 0.05) is 29.9 Å². The van der Waals surface area contributed by atoms with Gasteiger partial charge < -0.3 is 20.3 Å². The molecule has 0 amide bonds. The zero-order chi connectivity index (χ0) is 26.3. The lowest BCUT2D eigenvalue weighted by atomic mass is 10.1. The Hall–Kier alpha value is -2.76. The van der Waals surface area contributed by atoms with Crippen molar-refractivity contribution in [3.63, 3.8) is 0 Å². The van der Waals surface area contributed by atoms with Crippen LogP contribution >= 0.6 is 22.8 Å². The van der Waals surface area contributed by atoms with E-state index in [0.717, 1.165) is 29.9 Å². The third-order valence-electron chi connectivity index (χ3n) is 7.48. The molecular formula is C28H33N5O3S2. The number of rotatable bonds is 7. The molecule has 2 heterocycles.